The Morgan fingerprint density at radius 2 is 1.78 bits per heavy atom. The van der Waals surface area contributed by atoms with Crippen molar-refractivity contribution in [3.63, 3.8) is 0 Å². The van der Waals surface area contributed by atoms with Crippen molar-refractivity contribution < 1.29 is 4.79 Å². The summed E-state index contributed by atoms with van der Waals surface area (Å²) in [5, 5.41) is 5.05. The predicted molar refractivity (Wildman–Crippen MR) is 94.9 cm³/mol. The number of nitrogens with one attached hydrogen (secondary N) is 1. The lowest BCUT2D eigenvalue weighted by Crippen LogP contribution is -2.31. The molecule has 2 aromatic carbocycles. The maximum atomic E-state index is 12.5. The van der Waals surface area contributed by atoms with E-state index >= 15 is 0 Å². The number of amides is 1. The van der Waals surface area contributed by atoms with Gasteiger partial charge in [-0.1, -0.05) is 30.3 Å². The van der Waals surface area contributed by atoms with Gasteiger partial charge in [0.2, 0.25) is 0 Å². The van der Waals surface area contributed by atoms with Crippen LogP contribution < -0.4 is 5.32 Å². The maximum Gasteiger partial charge on any atom is 0.253 e. The lowest BCUT2D eigenvalue weighted by Gasteiger charge is -2.12. The fourth-order valence-electron chi connectivity index (χ4n) is 2.70. The number of fused-ring (bicyclic) bond motifs is 2. The van der Waals surface area contributed by atoms with E-state index in [1.54, 1.807) is 0 Å². The monoisotopic (exact) mass is 307 g/mol. The van der Waals surface area contributed by atoms with Gasteiger partial charge in [-0.15, -0.1) is 0 Å². The molecule has 0 unspecified atom stereocenters. The molecule has 0 radical (unpaired) electrons. The Balaban J connectivity index is 2.03. The molecule has 4 heteroatoms. The van der Waals surface area contributed by atoms with Gasteiger partial charge in [-0.05, 0) is 38.7 Å². The number of para-hydroxylation sites is 2. The van der Waals surface area contributed by atoms with Crippen molar-refractivity contribution in [3.8, 4) is 0 Å². The second-order valence-corrected chi connectivity index (χ2v) is 6.07. The SMILES string of the molecule is Cc1cccc2cc3cccc(C(=O)NCCN(C)C)c3nc12. The number of rotatable bonds is 4. The molecule has 0 atom stereocenters. The van der Waals surface area contributed by atoms with Crippen LogP contribution in [-0.2, 0) is 0 Å². The molecule has 0 saturated carbocycles. The summed E-state index contributed by atoms with van der Waals surface area (Å²) in [6.07, 6.45) is 0. The Bertz CT molecular complexity index is 871. The van der Waals surface area contributed by atoms with E-state index in [-0.39, 0.29) is 5.91 Å². The van der Waals surface area contributed by atoms with E-state index in [2.05, 4.69) is 17.4 Å². The third-order valence-corrected chi connectivity index (χ3v) is 3.96. The minimum atomic E-state index is -0.0714. The molecule has 0 saturated heterocycles. The first-order chi connectivity index (χ1) is 11.1. The molecule has 0 aliphatic heterocycles. The quantitative estimate of drug-likeness (QED) is 0.754. The van der Waals surface area contributed by atoms with E-state index in [4.69, 9.17) is 4.98 Å². The first kappa shape index (κ1) is 15.4. The zero-order valence-corrected chi connectivity index (χ0v) is 13.8. The minimum Gasteiger partial charge on any atom is -0.351 e. The van der Waals surface area contributed by atoms with E-state index in [0.717, 1.165) is 33.9 Å². The van der Waals surface area contributed by atoms with Gasteiger partial charge >= 0.3 is 0 Å². The molecule has 0 aliphatic rings. The molecule has 0 aliphatic carbocycles. The molecular formula is C19H21N3O. The molecule has 4 nitrogen and oxygen atoms in total. The van der Waals surface area contributed by atoms with Gasteiger partial charge in [-0.3, -0.25) is 4.79 Å². The number of likely N-dealkylation sites (N-methyl/N-ethyl adjacent to an activating group) is 1. The largest absolute Gasteiger partial charge is 0.351 e. The Hall–Kier alpha value is -2.46. The van der Waals surface area contributed by atoms with E-state index < -0.39 is 0 Å². The van der Waals surface area contributed by atoms with Gasteiger partial charge in [0, 0.05) is 23.9 Å². The fraction of sp³-hybridized carbons (Fsp3) is 0.263. The van der Waals surface area contributed by atoms with Gasteiger partial charge in [0.25, 0.3) is 5.91 Å². The average Bonchev–Trinajstić information content (AvgIpc) is 2.52. The Kier molecular flexibility index (Phi) is 4.26. The second-order valence-electron chi connectivity index (χ2n) is 6.07. The Morgan fingerprint density at radius 3 is 2.52 bits per heavy atom. The number of aromatic nitrogens is 1. The summed E-state index contributed by atoms with van der Waals surface area (Å²) in [5.74, 6) is -0.0714. The van der Waals surface area contributed by atoms with Gasteiger partial charge < -0.3 is 10.2 Å². The number of aryl methyl sites for hydroxylation is 1. The first-order valence-corrected chi connectivity index (χ1v) is 7.78. The molecule has 1 N–H and O–H groups in total. The Morgan fingerprint density at radius 1 is 1.09 bits per heavy atom. The van der Waals surface area contributed by atoms with E-state index in [9.17, 15) is 4.79 Å². The van der Waals surface area contributed by atoms with Crippen LogP contribution in [0.15, 0.2) is 42.5 Å². The van der Waals surface area contributed by atoms with Crippen molar-refractivity contribution in [1.82, 2.24) is 15.2 Å². The van der Waals surface area contributed by atoms with Gasteiger partial charge in [0.05, 0.1) is 16.6 Å². The van der Waals surface area contributed by atoms with Crippen molar-refractivity contribution in [2.24, 2.45) is 0 Å². The van der Waals surface area contributed by atoms with Gasteiger partial charge in [0.15, 0.2) is 0 Å². The van der Waals surface area contributed by atoms with Crippen molar-refractivity contribution in [2.45, 2.75) is 6.92 Å². The highest BCUT2D eigenvalue weighted by molar-refractivity contribution is 6.07. The molecule has 0 bridgehead atoms. The molecule has 0 spiro atoms. The molecule has 3 aromatic rings. The molecule has 0 fully saturated rings. The second kappa shape index (κ2) is 6.34. The van der Waals surface area contributed by atoms with Crippen LogP contribution >= 0.6 is 0 Å². The topological polar surface area (TPSA) is 45.2 Å². The number of hydrogen-bond acceptors (Lipinski definition) is 3. The number of pyridine rings is 1. The average molecular weight is 307 g/mol. The van der Waals surface area contributed by atoms with Crippen LogP contribution in [0.25, 0.3) is 21.8 Å². The smallest absolute Gasteiger partial charge is 0.253 e. The Labute approximate surface area is 136 Å². The predicted octanol–water partition coefficient (Wildman–Crippen LogP) is 2.99. The lowest BCUT2D eigenvalue weighted by atomic mass is 10.0. The van der Waals surface area contributed by atoms with E-state index in [1.165, 1.54) is 0 Å². The highest BCUT2D eigenvalue weighted by atomic mass is 16.1. The summed E-state index contributed by atoms with van der Waals surface area (Å²) < 4.78 is 0. The molecule has 118 valence electrons. The zero-order valence-electron chi connectivity index (χ0n) is 13.8. The van der Waals surface area contributed by atoms with Crippen molar-refractivity contribution in [3.05, 3.63) is 53.6 Å². The molecule has 1 amide bonds. The molecule has 1 aromatic heterocycles. The lowest BCUT2D eigenvalue weighted by molar-refractivity contribution is 0.0952. The third kappa shape index (κ3) is 3.17. The standard InChI is InChI=1S/C19H21N3O/c1-13-6-4-7-14-12-15-8-5-9-16(18(15)21-17(13)14)19(23)20-10-11-22(2)3/h4-9,12H,10-11H2,1-3H3,(H,20,23). The number of benzene rings is 2. The third-order valence-electron chi connectivity index (χ3n) is 3.96. The molecule has 23 heavy (non-hydrogen) atoms. The van der Waals surface area contributed by atoms with Crippen molar-refractivity contribution in [1.29, 1.82) is 0 Å². The zero-order chi connectivity index (χ0) is 16.4. The molecule has 3 rings (SSSR count). The summed E-state index contributed by atoms with van der Waals surface area (Å²) >= 11 is 0. The summed E-state index contributed by atoms with van der Waals surface area (Å²) in [6, 6.07) is 14.0. The minimum absolute atomic E-state index is 0.0714. The fourth-order valence-corrected chi connectivity index (χ4v) is 2.70. The first-order valence-electron chi connectivity index (χ1n) is 7.78. The van der Waals surface area contributed by atoms with Gasteiger partial charge in [-0.2, -0.15) is 0 Å². The number of hydrogen-bond donors (Lipinski definition) is 1. The van der Waals surface area contributed by atoms with Crippen LogP contribution in [0, 0.1) is 6.92 Å². The van der Waals surface area contributed by atoms with Crippen LogP contribution in [0.4, 0.5) is 0 Å². The van der Waals surface area contributed by atoms with Crippen LogP contribution in [0.5, 0.6) is 0 Å². The number of carbonyl (C=O) groups is 1. The highest BCUT2D eigenvalue weighted by Gasteiger charge is 2.12. The van der Waals surface area contributed by atoms with Crippen LogP contribution in [0.1, 0.15) is 15.9 Å². The normalized spacial score (nSPS) is 11.3. The van der Waals surface area contributed by atoms with Crippen molar-refractivity contribution >= 4 is 27.7 Å². The summed E-state index contributed by atoms with van der Waals surface area (Å²) in [7, 11) is 3.97. The van der Waals surface area contributed by atoms with E-state index in [0.29, 0.717) is 12.1 Å². The van der Waals surface area contributed by atoms with Gasteiger partial charge in [-0.25, -0.2) is 4.98 Å². The summed E-state index contributed by atoms with van der Waals surface area (Å²) in [5.41, 5.74) is 3.46. The summed E-state index contributed by atoms with van der Waals surface area (Å²) in [6.45, 7) is 3.47. The number of carbonyl (C=O) groups excluding carboxylic acids is 1. The van der Waals surface area contributed by atoms with Gasteiger partial charge in [0.1, 0.15) is 0 Å². The molecule has 1 heterocycles. The van der Waals surface area contributed by atoms with Crippen LogP contribution in [-0.4, -0.2) is 43.0 Å². The summed E-state index contributed by atoms with van der Waals surface area (Å²) in [4.78, 5) is 19.3. The van der Waals surface area contributed by atoms with Crippen molar-refractivity contribution in [2.75, 3.05) is 27.2 Å². The van der Waals surface area contributed by atoms with E-state index in [1.807, 2.05) is 56.3 Å². The van der Waals surface area contributed by atoms with Crippen LogP contribution in [0.2, 0.25) is 0 Å². The number of nitrogens with zero attached hydrogens (tertiary/aromatic N) is 2. The van der Waals surface area contributed by atoms with Crippen LogP contribution in [0.3, 0.4) is 0 Å². The molecular weight excluding hydrogens is 286 g/mol. The highest BCUT2D eigenvalue weighted by Crippen LogP contribution is 2.24. The maximum absolute atomic E-state index is 12.5.